The van der Waals surface area contributed by atoms with Crippen LogP contribution in [-0.2, 0) is 24.2 Å². The maximum atomic E-state index is 12.9. The van der Waals surface area contributed by atoms with Crippen LogP contribution >= 0.6 is 0 Å². The minimum atomic E-state index is -0.300. The van der Waals surface area contributed by atoms with Gasteiger partial charge in [0, 0.05) is 12.3 Å². The van der Waals surface area contributed by atoms with Gasteiger partial charge in [0.15, 0.2) is 11.5 Å². The lowest BCUT2D eigenvalue weighted by Gasteiger charge is -2.19. The number of aryl methyl sites for hydroxylation is 2. The minimum Gasteiger partial charge on any atom is -0.344 e. The number of amides is 1. The molecule has 1 aliphatic rings. The second-order valence-electron chi connectivity index (χ2n) is 8.41. The first kappa shape index (κ1) is 20.3. The zero-order chi connectivity index (χ0) is 21.1. The van der Waals surface area contributed by atoms with Crippen LogP contribution in [0, 0.1) is 5.92 Å². The number of nitrogens with one attached hydrogen (secondary N) is 1. The molecule has 1 amide bonds. The van der Waals surface area contributed by atoms with Crippen LogP contribution in [0.3, 0.4) is 0 Å². The van der Waals surface area contributed by atoms with E-state index in [0.29, 0.717) is 18.2 Å². The third-order valence-electron chi connectivity index (χ3n) is 5.51. The highest BCUT2D eigenvalue weighted by Gasteiger charge is 2.22. The minimum absolute atomic E-state index is 0.0998. The van der Waals surface area contributed by atoms with Gasteiger partial charge >= 0.3 is 0 Å². The molecule has 0 fully saturated rings. The number of rotatable bonds is 6. The number of pyridine rings is 1. The molecule has 0 saturated carbocycles. The molecule has 0 radical (unpaired) electrons. The number of fused-ring (bicyclic) bond motifs is 2. The van der Waals surface area contributed by atoms with E-state index in [4.69, 9.17) is 0 Å². The van der Waals surface area contributed by atoms with E-state index in [1.54, 1.807) is 6.07 Å². The average Bonchev–Trinajstić information content (AvgIpc) is 3.01. The van der Waals surface area contributed by atoms with Crippen LogP contribution in [0.15, 0.2) is 35.3 Å². The molecule has 3 aromatic heterocycles. The van der Waals surface area contributed by atoms with Crippen LogP contribution in [-0.4, -0.2) is 30.3 Å². The summed E-state index contributed by atoms with van der Waals surface area (Å²) in [6.45, 7) is 4.10. The van der Waals surface area contributed by atoms with E-state index in [1.807, 2.05) is 28.8 Å². The van der Waals surface area contributed by atoms with Gasteiger partial charge in [0.25, 0.3) is 5.56 Å². The van der Waals surface area contributed by atoms with Gasteiger partial charge in [-0.3, -0.25) is 14.0 Å². The summed E-state index contributed by atoms with van der Waals surface area (Å²) in [5.41, 5.74) is 2.49. The van der Waals surface area contributed by atoms with Gasteiger partial charge < -0.3 is 5.32 Å². The Hall–Kier alpha value is -3.03. The Morgan fingerprint density at radius 1 is 1.17 bits per heavy atom. The van der Waals surface area contributed by atoms with Crippen LogP contribution in [0.1, 0.15) is 62.7 Å². The lowest BCUT2D eigenvalue weighted by Crippen LogP contribution is -2.37. The number of aromatic nitrogens is 5. The molecule has 1 atom stereocenters. The molecule has 0 unspecified atom stereocenters. The Morgan fingerprint density at radius 3 is 2.83 bits per heavy atom. The highest BCUT2D eigenvalue weighted by atomic mass is 16.2. The smallest absolute Gasteiger partial charge is 0.267 e. The Morgan fingerprint density at radius 2 is 2.00 bits per heavy atom. The second kappa shape index (κ2) is 8.77. The van der Waals surface area contributed by atoms with Crippen molar-refractivity contribution in [2.45, 2.75) is 65.0 Å². The molecular formula is C22H28N6O2. The lowest BCUT2D eigenvalue weighted by molar-refractivity contribution is -0.122. The number of hydrogen-bond donors (Lipinski definition) is 1. The molecule has 0 bridgehead atoms. The SMILES string of the molecule is CC(C)C[C@H](NC(=O)Cn1nc2c(cc1=O)CCCCC2)c1nnc2ccccn12. The summed E-state index contributed by atoms with van der Waals surface area (Å²) in [6, 6.07) is 7.04. The van der Waals surface area contributed by atoms with Gasteiger partial charge in [0.05, 0.1) is 11.7 Å². The standard InChI is InChI=1S/C22H28N6O2/c1-15(2)12-18(22-25-24-19-10-6-7-11-27(19)22)23-20(29)14-28-21(30)13-16-8-4-3-5-9-17(16)26-28/h6-7,10-11,13,15,18H,3-5,8-9,12,14H2,1-2H3,(H,23,29)/t18-/m0/s1. The molecule has 0 aliphatic heterocycles. The predicted molar refractivity (Wildman–Crippen MR) is 113 cm³/mol. The first-order chi connectivity index (χ1) is 14.5. The highest BCUT2D eigenvalue weighted by Crippen LogP contribution is 2.21. The van der Waals surface area contributed by atoms with Crippen molar-refractivity contribution in [3.05, 3.63) is 57.9 Å². The van der Waals surface area contributed by atoms with E-state index >= 15 is 0 Å². The van der Waals surface area contributed by atoms with Crippen LogP contribution in [0.2, 0.25) is 0 Å². The van der Waals surface area contributed by atoms with Crippen LogP contribution in [0.5, 0.6) is 0 Å². The number of carbonyl (C=O) groups is 1. The average molecular weight is 409 g/mol. The number of hydrogen-bond acceptors (Lipinski definition) is 5. The second-order valence-corrected chi connectivity index (χ2v) is 8.41. The maximum Gasteiger partial charge on any atom is 0.267 e. The Kier molecular flexibility index (Phi) is 5.92. The monoisotopic (exact) mass is 408 g/mol. The maximum absolute atomic E-state index is 12.9. The van der Waals surface area contributed by atoms with Crippen molar-refractivity contribution in [3.8, 4) is 0 Å². The van der Waals surface area contributed by atoms with Crippen molar-refractivity contribution in [2.75, 3.05) is 0 Å². The van der Waals surface area contributed by atoms with Crippen molar-refractivity contribution in [2.24, 2.45) is 5.92 Å². The Bertz CT molecular complexity index is 1100. The largest absolute Gasteiger partial charge is 0.344 e. The third kappa shape index (κ3) is 4.42. The summed E-state index contributed by atoms with van der Waals surface area (Å²) in [5, 5.41) is 16.1. The number of carbonyl (C=O) groups excluding carboxylic acids is 1. The molecule has 3 heterocycles. The first-order valence-corrected chi connectivity index (χ1v) is 10.7. The normalized spacial score (nSPS) is 15.0. The van der Waals surface area contributed by atoms with Crippen molar-refractivity contribution >= 4 is 11.6 Å². The van der Waals surface area contributed by atoms with Crippen LogP contribution in [0.25, 0.3) is 5.65 Å². The van der Waals surface area contributed by atoms with Crippen molar-refractivity contribution in [3.63, 3.8) is 0 Å². The van der Waals surface area contributed by atoms with Crippen LogP contribution < -0.4 is 10.9 Å². The fourth-order valence-electron chi connectivity index (χ4n) is 4.06. The molecule has 1 N–H and O–H groups in total. The van der Waals surface area contributed by atoms with Gasteiger partial charge in [-0.2, -0.15) is 5.10 Å². The van der Waals surface area contributed by atoms with Crippen molar-refractivity contribution in [1.29, 1.82) is 0 Å². The van der Waals surface area contributed by atoms with Gasteiger partial charge in [-0.05, 0) is 55.7 Å². The Balaban J connectivity index is 1.55. The molecule has 3 aromatic rings. The summed E-state index contributed by atoms with van der Waals surface area (Å²) in [4.78, 5) is 25.4. The number of nitrogens with zero attached hydrogens (tertiary/aromatic N) is 5. The fourth-order valence-corrected chi connectivity index (χ4v) is 4.06. The summed E-state index contributed by atoms with van der Waals surface area (Å²) in [6.07, 6.45) is 7.66. The summed E-state index contributed by atoms with van der Waals surface area (Å²) in [5.74, 6) is 0.783. The molecule has 158 valence electrons. The third-order valence-corrected chi connectivity index (χ3v) is 5.51. The fraction of sp³-hybridized carbons (Fsp3) is 0.500. The molecular weight excluding hydrogens is 380 g/mol. The van der Waals surface area contributed by atoms with Crippen molar-refractivity contribution < 1.29 is 4.79 Å². The highest BCUT2D eigenvalue weighted by molar-refractivity contribution is 5.76. The molecule has 1 aliphatic carbocycles. The molecule has 8 heteroatoms. The van der Waals surface area contributed by atoms with E-state index in [2.05, 4.69) is 34.5 Å². The predicted octanol–water partition coefficient (Wildman–Crippen LogP) is 2.46. The molecule has 30 heavy (non-hydrogen) atoms. The first-order valence-electron chi connectivity index (χ1n) is 10.7. The molecule has 0 saturated heterocycles. The van der Waals surface area contributed by atoms with Gasteiger partial charge in [0.2, 0.25) is 5.91 Å². The van der Waals surface area contributed by atoms with E-state index < -0.39 is 0 Å². The zero-order valence-electron chi connectivity index (χ0n) is 17.5. The van der Waals surface area contributed by atoms with E-state index in [-0.39, 0.29) is 24.1 Å². The van der Waals surface area contributed by atoms with Gasteiger partial charge in [-0.25, -0.2) is 4.68 Å². The topological polar surface area (TPSA) is 94.2 Å². The lowest BCUT2D eigenvalue weighted by atomic mass is 10.0. The summed E-state index contributed by atoms with van der Waals surface area (Å²) in [7, 11) is 0. The molecule has 4 rings (SSSR count). The van der Waals surface area contributed by atoms with E-state index in [1.165, 1.54) is 4.68 Å². The molecule has 0 spiro atoms. The molecule has 8 nitrogen and oxygen atoms in total. The van der Waals surface area contributed by atoms with Gasteiger partial charge in [-0.15, -0.1) is 10.2 Å². The van der Waals surface area contributed by atoms with E-state index in [9.17, 15) is 9.59 Å². The van der Waals surface area contributed by atoms with Crippen LogP contribution in [0.4, 0.5) is 0 Å². The molecule has 0 aromatic carbocycles. The zero-order valence-corrected chi connectivity index (χ0v) is 17.5. The summed E-state index contributed by atoms with van der Waals surface area (Å²) < 4.78 is 3.17. The van der Waals surface area contributed by atoms with Crippen molar-refractivity contribution in [1.82, 2.24) is 29.7 Å². The Labute approximate surface area is 175 Å². The van der Waals surface area contributed by atoms with Gasteiger partial charge in [0.1, 0.15) is 6.54 Å². The van der Waals surface area contributed by atoms with E-state index in [0.717, 1.165) is 49.0 Å². The van der Waals surface area contributed by atoms with Gasteiger partial charge in [-0.1, -0.05) is 26.3 Å². The summed E-state index contributed by atoms with van der Waals surface area (Å²) >= 11 is 0. The quantitative estimate of drug-likeness (QED) is 0.632.